The standard InChI is InChI=1S/C22H32N2O2/c1-18-9-6-7-13-22(18)26-17-21(25)16-24(19-10-4-3-5-11-19)15-20-12-8-14-23(20)2/h6-9,12-14,19,21,25H,3-5,10-11,15-17H2,1-2H3. The van der Waals surface area contributed by atoms with Gasteiger partial charge in [-0.25, -0.2) is 0 Å². The molecule has 1 fully saturated rings. The van der Waals surface area contributed by atoms with Gasteiger partial charge in [-0.2, -0.15) is 0 Å². The molecule has 1 aliphatic carbocycles. The van der Waals surface area contributed by atoms with E-state index in [0.29, 0.717) is 19.2 Å². The zero-order chi connectivity index (χ0) is 18.4. The average molecular weight is 357 g/mol. The van der Waals surface area contributed by atoms with Crippen LogP contribution >= 0.6 is 0 Å². The predicted molar refractivity (Wildman–Crippen MR) is 105 cm³/mol. The summed E-state index contributed by atoms with van der Waals surface area (Å²) in [5.41, 5.74) is 2.40. The van der Waals surface area contributed by atoms with Crippen LogP contribution in [0.2, 0.25) is 0 Å². The van der Waals surface area contributed by atoms with E-state index in [0.717, 1.165) is 17.9 Å². The van der Waals surface area contributed by atoms with Gasteiger partial charge in [0, 0.05) is 38.1 Å². The van der Waals surface area contributed by atoms with Crippen molar-refractivity contribution in [2.24, 2.45) is 7.05 Å². The Hall–Kier alpha value is -1.78. The van der Waals surface area contributed by atoms with Gasteiger partial charge in [0.2, 0.25) is 0 Å². The third kappa shape index (κ3) is 5.12. The van der Waals surface area contributed by atoms with Crippen LogP contribution in [0.3, 0.4) is 0 Å². The number of benzene rings is 1. The summed E-state index contributed by atoms with van der Waals surface area (Å²) in [7, 11) is 2.09. The molecular formula is C22H32N2O2. The van der Waals surface area contributed by atoms with Gasteiger partial charge in [-0.3, -0.25) is 4.90 Å². The van der Waals surface area contributed by atoms with Gasteiger partial charge in [-0.05, 0) is 43.5 Å². The molecule has 1 aromatic heterocycles. The van der Waals surface area contributed by atoms with Gasteiger partial charge in [0.05, 0.1) is 0 Å². The van der Waals surface area contributed by atoms with Crippen molar-refractivity contribution < 1.29 is 9.84 Å². The number of aromatic nitrogens is 1. The highest BCUT2D eigenvalue weighted by Gasteiger charge is 2.24. The maximum atomic E-state index is 10.6. The molecule has 0 bridgehead atoms. The van der Waals surface area contributed by atoms with Crippen molar-refractivity contribution >= 4 is 0 Å². The summed E-state index contributed by atoms with van der Waals surface area (Å²) in [5.74, 6) is 0.859. The number of aliphatic hydroxyl groups excluding tert-OH is 1. The fraction of sp³-hybridized carbons (Fsp3) is 0.545. The molecular weight excluding hydrogens is 324 g/mol. The van der Waals surface area contributed by atoms with Crippen molar-refractivity contribution in [1.29, 1.82) is 0 Å². The largest absolute Gasteiger partial charge is 0.491 e. The molecule has 1 atom stereocenters. The highest BCUT2D eigenvalue weighted by molar-refractivity contribution is 5.31. The second kappa shape index (κ2) is 9.24. The lowest BCUT2D eigenvalue weighted by Gasteiger charge is -2.35. The third-order valence-electron chi connectivity index (χ3n) is 5.48. The first-order valence-corrected chi connectivity index (χ1v) is 9.84. The smallest absolute Gasteiger partial charge is 0.122 e. The van der Waals surface area contributed by atoms with E-state index in [1.165, 1.54) is 37.8 Å². The quantitative estimate of drug-likeness (QED) is 0.779. The molecule has 142 valence electrons. The van der Waals surface area contributed by atoms with E-state index < -0.39 is 6.10 Å². The summed E-state index contributed by atoms with van der Waals surface area (Å²) in [6.07, 6.45) is 8.00. The normalized spacial score (nSPS) is 16.8. The van der Waals surface area contributed by atoms with Crippen LogP contribution < -0.4 is 4.74 Å². The third-order valence-corrected chi connectivity index (χ3v) is 5.48. The van der Waals surface area contributed by atoms with Gasteiger partial charge in [0.15, 0.2) is 0 Å². The van der Waals surface area contributed by atoms with E-state index in [1.807, 2.05) is 31.2 Å². The van der Waals surface area contributed by atoms with Gasteiger partial charge in [0.1, 0.15) is 18.5 Å². The number of rotatable bonds is 8. The van der Waals surface area contributed by atoms with E-state index in [-0.39, 0.29) is 0 Å². The number of hydrogen-bond donors (Lipinski definition) is 1. The molecule has 1 saturated carbocycles. The first-order valence-electron chi connectivity index (χ1n) is 9.84. The average Bonchev–Trinajstić information content (AvgIpc) is 3.06. The zero-order valence-corrected chi connectivity index (χ0v) is 16.1. The van der Waals surface area contributed by atoms with Crippen LogP contribution in [0.5, 0.6) is 5.75 Å². The Bertz CT molecular complexity index is 676. The minimum Gasteiger partial charge on any atom is -0.491 e. The highest BCUT2D eigenvalue weighted by atomic mass is 16.5. The van der Waals surface area contributed by atoms with Crippen LogP contribution in [0.4, 0.5) is 0 Å². The Labute approximate surface area is 157 Å². The molecule has 3 rings (SSSR count). The summed E-state index contributed by atoms with van der Waals surface area (Å²) in [6, 6.07) is 12.8. The number of aryl methyl sites for hydroxylation is 2. The molecule has 1 aromatic carbocycles. The second-order valence-corrected chi connectivity index (χ2v) is 7.56. The van der Waals surface area contributed by atoms with Crippen LogP contribution in [0.1, 0.15) is 43.4 Å². The highest BCUT2D eigenvalue weighted by Crippen LogP contribution is 2.24. The first-order chi connectivity index (χ1) is 12.6. The molecule has 1 N–H and O–H groups in total. The zero-order valence-electron chi connectivity index (χ0n) is 16.1. The molecule has 1 heterocycles. The van der Waals surface area contributed by atoms with E-state index >= 15 is 0 Å². The van der Waals surface area contributed by atoms with Gasteiger partial charge >= 0.3 is 0 Å². The molecule has 1 aliphatic rings. The SMILES string of the molecule is Cc1ccccc1OCC(O)CN(Cc1cccn1C)C1CCCCC1. The van der Waals surface area contributed by atoms with E-state index in [1.54, 1.807) is 0 Å². The Morgan fingerprint density at radius 2 is 1.92 bits per heavy atom. The maximum absolute atomic E-state index is 10.6. The molecule has 0 spiro atoms. The molecule has 4 nitrogen and oxygen atoms in total. The molecule has 4 heteroatoms. The molecule has 1 unspecified atom stereocenters. The summed E-state index contributed by atoms with van der Waals surface area (Å²) in [4.78, 5) is 2.46. The number of hydrogen-bond acceptors (Lipinski definition) is 3. The number of para-hydroxylation sites is 1. The van der Waals surface area contributed by atoms with Gasteiger partial charge < -0.3 is 14.4 Å². The summed E-state index contributed by atoms with van der Waals surface area (Å²) < 4.78 is 8.04. The van der Waals surface area contributed by atoms with Crippen LogP contribution in [-0.2, 0) is 13.6 Å². The Balaban J connectivity index is 1.60. The Morgan fingerprint density at radius 1 is 1.15 bits per heavy atom. The molecule has 0 aliphatic heterocycles. The first kappa shape index (κ1) is 19.0. The topological polar surface area (TPSA) is 37.6 Å². The van der Waals surface area contributed by atoms with Gasteiger partial charge in [-0.15, -0.1) is 0 Å². The van der Waals surface area contributed by atoms with Crippen molar-refractivity contribution in [3.63, 3.8) is 0 Å². The Morgan fingerprint density at radius 3 is 2.62 bits per heavy atom. The van der Waals surface area contributed by atoms with Crippen molar-refractivity contribution in [3.8, 4) is 5.75 Å². The minimum absolute atomic E-state index is 0.335. The molecule has 0 radical (unpaired) electrons. The number of nitrogens with zero attached hydrogens (tertiary/aromatic N) is 2. The lowest BCUT2D eigenvalue weighted by atomic mass is 9.94. The molecule has 26 heavy (non-hydrogen) atoms. The van der Waals surface area contributed by atoms with Crippen molar-refractivity contribution in [2.45, 2.75) is 57.7 Å². The van der Waals surface area contributed by atoms with Crippen LogP contribution in [0.15, 0.2) is 42.6 Å². The van der Waals surface area contributed by atoms with E-state index in [9.17, 15) is 5.11 Å². The van der Waals surface area contributed by atoms with Crippen molar-refractivity contribution in [2.75, 3.05) is 13.2 Å². The number of aliphatic hydroxyl groups is 1. The minimum atomic E-state index is -0.489. The number of ether oxygens (including phenoxy) is 1. The second-order valence-electron chi connectivity index (χ2n) is 7.56. The van der Waals surface area contributed by atoms with Gasteiger partial charge in [0.25, 0.3) is 0 Å². The monoisotopic (exact) mass is 356 g/mol. The summed E-state index contributed by atoms with van der Waals surface area (Å²) in [5, 5.41) is 10.6. The lowest BCUT2D eigenvalue weighted by molar-refractivity contribution is 0.0388. The summed E-state index contributed by atoms with van der Waals surface area (Å²) >= 11 is 0. The fourth-order valence-corrected chi connectivity index (χ4v) is 3.89. The van der Waals surface area contributed by atoms with Crippen LogP contribution in [0, 0.1) is 6.92 Å². The Kier molecular flexibility index (Phi) is 6.75. The molecule has 0 saturated heterocycles. The predicted octanol–water partition coefficient (Wildman–Crippen LogP) is 3.91. The van der Waals surface area contributed by atoms with Gasteiger partial charge in [-0.1, -0.05) is 37.5 Å². The van der Waals surface area contributed by atoms with E-state index in [2.05, 4.69) is 34.8 Å². The van der Waals surface area contributed by atoms with Crippen LogP contribution in [0.25, 0.3) is 0 Å². The fourth-order valence-electron chi connectivity index (χ4n) is 3.89. The molecule has 2 aromatic rings. The van der Waals surface area contributed by atoms with Crippen molar-refractivity contribution in [3.05, 3.63) is 53.9 Å². The van der Waals surface area contributed by atoms with Crippen LogP contribution in [-0.4, -0.2) is 39.9 Å². The van der Waals surface area contributed by atoms with Crippen molar-refractivity contribution in [1.82, 2.24) is 9.47 Å². The maximum Gasteiger partial charge on any atom is 0.122 e. The van der Waals surface area contributed by atoms with E-state index in [4.69, 9.17) is 4.74 Å². The lowest BCUT2D eigenvalue weighted by Crippen LogP contribution is -2.43. The summed E-state index contributed by atoms with van der Waals surface area (Å²) in [6.45, 7) is 3.91. The molecule has 0 amide bonds.